The van der Waals surface area contributed by atoms with E-state index in [-0.39, 0.29) is 17.7 Å². The van der Waals surface area contributed by atoms with Gasteiger partial charge in [-0.15, -0.1) is 0 Å². The maximum Gasteiger partial charge on any atom is 0.303 e. The predicted molar refractivity (Wildman–Crippen MR) is 109 cm³/mol. The number of carbonyl (C=O) groups is 2. The molecule has 1 unspecified atom stereocenters. The summed E-state index contributed by atoms with van der Waals surface area (Å²) in [4.78, 5) is 24.5. The van der Waals surface area contributed by atoms with Gasteiger partial charge in [-0.1, -0.05) is 66.4 Å². The molecule has 0 saturated carbocycles. The van der Waals surface area contributed by atoms with Crippen molar-refractivity contribution in [3.8, 4) is 0 Å². The van der Waals surface area contributed by atoms with Crippen molar-refractivity contribution < 1.29 is 19.8 Å². The van der Waals surface area contributed by atoms with Crippen LogP contribution in [-0.4, -0.2) is 50.8 Å². The second-order valence-electron chi connectivity index (χ2n) is 6.52. The Hall–Kier alpha value is -2.05. The smallest absolute Gasteiger partial charge is 0.303 e. The minimum atomic E-state index is -0.787. The highest BCUT2D eigenvalue weighted by Gasteiger charge is 2.26. The zero-order valence-electron chi connectivity index (χ0n) is 15.4. The van der Waals surface area contributed by atoms with Crippen LogP contribution in [0, 0.1) is 0 Å². The molecule has 0 bridgehead atoms. The summed E-state index contributed by atoms with van der Waals surface area (Å²) in [6, 6.07) is 9.80. The number of rotatable bonds is 10. The number of thioether (sulfide) groups is 1. The minimum absolute atomic E-state index is 0.0205. The Morgan fingerprint density at radius 2 is 2.07 bits per heavy atom. The predicted octanol–water partition coefficient (Wildman–Crippen LogP) is 3.88. The normalized spacial score (nSPS) is 19.1. The molecule has 146 valence electrons. The highest BCUT2D eigenvalue weighted by molar-refractivity contribution is 8.13. The summed E-state index contributed by atoms with van der Waals surface area (Å²) < 4.78 is 0. The van der Waals surface area contributed by atoms with Crippen LogP contribution in [-0.2, 0) is 11.2 Å². The van der Waals surface area contributed by atoms with Crippen LogP contribution in [0.5, 0.6) is 0 Å². The number of carboxylic acids is 1. The van der Waals surface area contributed by atoms with E-state index in [4.69, 9.17) is 5.11 Å². The largest absolute Gasteiger partial charge is 0.481 e. The van der Waals surface area contributed by atoms with Crippen molar-refractivity contribution in [2.24, 2.45) is 0 Å². The SMILES string of the molecule is O=C(O)CCC/C=C\CN1C(=O)SCC[C@@H]1/C=C/C(O)Cc1ccccc1. The summed E-state index contributed by atoms with van der Waals surface area (Å²) in [7, 11) is 0. The Morgan fingerprint density at radius 1 is 1.30 bits per heavy atom. The lowest BCUT2D eigenvalue weighted by Gasteiger charge is -2.32. The maximum absolute atomic E-state index is 12.2. The summed E-state index contributed by atoms with van der Waals surface area (Å²) >= 11 is 1.32. The quantitative estimate of drug-likeness (QED) is 0.469. The number of amides is 1. The van der Waals surface area contributed by atoms with Crippen LogP contribution >= 0.6 is 11.8 Å². The fraction of sp³-hybridized carbons (Fsp3) is 0.429. The van der Waals surface area contributed by atoms with Crippen LogP contribution < -0.4 is 0 Å². The average molecular weight is 390 g/mol. The topological polar surface area (TPSA) is 77.8 Å². The van der Waals surface area contributed by atoms with E-state index in [1.165, 1.54) is 11.8 Å². The third-order valence-corrected chi connectivity index (χ3v) is 5.27. The molecule has 1 aromatic rings. The number of carboxylic acid groups (broad SMARTS) is 1. The first-order valence-corrected chi connectivity index (χ1v) is 10.3. The zero-order chi connectivity index (χ0) is 19.5. The van der Waals surface area contributed by atoms with Gasteiger partial charge in [0.25, 0.3) is 5.24 Å². The van der Waals surface area contributed by atoms with Gasteiger partial charge in [0, 0.05) is 25.1 Å². The third-order valence-electron chi connectivity index (χ3n) is 4.35. The van der Waals surface area contributed by atoms with E-state index in [2.05, 4.69) is 0 Å². The van der Waals surface area contributed by atoms with Gasteiger partial charge in [0.05, 0.1) is 12.1 Å². The van der Waals surface area contributed by atoms with E-state index >= 15 is 0 Å². The summed E-state index contributed by atoms with van der Waals surface area (Å²) in [5.74, 6) is -0.00757. The molecule has 0 spiro atoms. The number of benzene rings is 1. The average Bonchev–Trinajstić information content (AvgIpc) is 2.65. The van der Waals surface area contributed by atoms with E-state index in [9.17, 15) is 14.7 Å². The molecular weight excluding hydrogens is 362 g/mol. The number of carbonyl (C=O) groups excluding carboxylic acids is 1. The van der Waals surface area contributed by atoms with Crippen molar-refractivity contribution in [2.75, 3.05) is 12.3 Å². The van der Waals surface area contributed by atoms with Crippen molar-refractivity contribution in [1.82, 2.24) is 4.90 Å². The molecule has 6 heteroatoms. The molecule has 27 heavy (non-hydrogen) atoms. The van der Waals surface area contributed by atoms with Gasteiger partial charge in [-0.3, -0.25) is 9.59 Å². The number of aliphatic carboxylic acids is 1. The minimum Gasteiger partial charge on any atom is -0.481 e. The first kappa shape index (κ1) is 21.3. The molecule has 1 fully saturated rings. The Labute approximate surface area is 164 Å². The summed E-state index contributed by atoms with van der Waals surface area (Å²) in [5.41, 5.74) is 1.08. The first-order valence-electron chi connectivity index (χ1n) is 9.27. The van der Waals surface area contributed by atoms with Crippen LogP contribution in [0.25, 0.3) is 0 Å². The number of hydrogen-bond acceptors (Lipinski definition) is 4. The van der Waals surface area contributed by atoms with E-state index in [1.54, 1.807) is 11.0 Å². The second kappa shape index (κ2) is 11.6. The van der Waals surface area contributed by atoms with Gasteiger partial charge in [0.1, 0.15) is 0 Å². The van der Waals surface area contributed by atoms with Crippen molar-refractivity contribution in [2.45, 2.75) is 44.2 Å². The Kier molecular flexibility index (Phi) is 9.15. The van der Waals surface area contributed by atoms with Crippen molar-refractivity contribution in [1.29, 1.82) is 0 Å². The molecule has 1 heterocycles. The van der Waals surface area contributed by atoms with Gasteiger partial charge >= 0.3 is 5.97 Å². The molecule has 0 aromatic heterocycles. The first-order chi connectivity index (χ1) is 13.1. The molecule has 2 N–H and O–H groups in total. The van der Waals surface area contributed by atoms with Crippen LogP contribution in [0.4, 0.5) is 4.79 Å². The van der Waals surface area contributed by atoms with Gasteiger partial charge in [0.15, 0.2) is 0 Å². The molecule has 1 aromatic carbocycles. The Bertz CT molecular complexity index is 659. The molecule has 1 aliphatic heterocycles. The van der Waals surface area contributed by atoms with Crippen LogP contribution in [0.3, 0.4) is 0 Å². The molecule has 2 atom stereocenters. The lowest BCUT2D eigenvalue weighted by atomic mass is 10.1. The van der Waals surface area contributed by atoms with Gasteiger partial charge in [-0.25, -0.2) is 0 Å². The molecule has 1 amide bonds. The van der Waals surface area contributed by atoms with E-state index in [0.717, 1.165) is 17.7 Å². The van der Waals surface area contributed by atoms with Gasteiger partial charge < -0.3 is 15.1 Å². The van der Waals surface area contributed by atoms with E-state index < -0.39 is 12.1 Å². The number of hydrogen-bond donors (Lipinski definition) is 2. The van der Waals surface area contributed by atoms with E-state index in [1.807, 2.05) is 48.6 Å². The zero-order valence-corrected chi connectivity index (χ0v) is 16.2. The number of aliphatic hydroxyl groups excluding tert-OH is 1. The second-order valence-corrected chi connectivity index (χ2v) is 7.57. The molecule has 5 nitrogen and oxygen atoms in total. The standard InChI is InChI=1S/C21H27NO4S/c23-19(16-17-8-4-3-5-9-17)12-11-18-13-15-27-21(26)22(18)14-7-2-1-6-10-20(24)25/h2-5,7-9,11-12,18-19,23H,1,6,10,13-16H2,(H,24,25)/b7-2-,12-11+/t18-,19?/m0/s1. The molecule has 1 aliphatic rings. The lowest BCUT2D eigenvalue weighted by molar-refractivity contribution is -0.137. The fourth-order valence-electron chi connectivity index (χ4n) is 2.91. The monoisotopic (exact) mass is 389 g/mol. The molecule has 0 aliphatic carbocycles. The van der Waals surface area contributed by atoms with Crippen LogP contribution in [0.1, 0.15) is 31.2 Å². The fourth-order valence-corrected chi connectivity index (χ4v) is 3.82. The number of allylic oxidation sites excluding steroid dienone is 1. The van der Waals surface area contributed by atoms with Crippen molar-refractivity contribution in [3.63, 3.8) is 0 Å². The summed E-state index contributed by atoms with van der Waals surface area (Å²) in [6.45, 7) is 0.503. The highest BCUT2D eigenvalue weighted by atomic mass is 32.2. The van der Waals surface area contributed by atoms with Gasteiger partial charge in [-0.2, -0.15) is 0 Å². The lowest BCUT2D eigenvalue weighted by Crippen LogP contribution is -2.41. The molecular formula is C21H27NO4S. The number of aliphatic hydroxyl groups is 1. The number of unbranched alkanes of at least 4 members (excludes halogenated alkanes) is 1. The molecule has 1 saturated heterocycles. The van der Waals surface area contributed by atoms with Crippen molar-refractivity contribution >= 4 is 23.0 Å². The summed E-state index contributed by atoms with van der Waals surface area (Å²) in [5, 5.41) is 18.9. The van der Waals surface area contributed by atoms with Crippen molar-refractivity contribution in [3.05, 3.63) is 60.2 Å². The van der Waals surface area contributed by atoms with Gasteiger partial charge in [-0.05, 0) is 24.8 Å². The highest BCUT2D eigenvalue weighted by Crippen LogP contribution is 2.24. The molecule has 0 radical (unpaired) electrons. The Morgan fingerprint density at radius 3 is 2.81 bits per heavy atom. The number of nitrogens with zero attached hydrogens (tertiary/aromatic N) is 1. The van der Waals surface area contributed by atoms with Crippen LogP contribution in [0.15, 0.2) is 54.6 Å². The van der Waals surface area contributed by atoms with Gasteiger partial charge in [0.2, 0.25) is 0 Å². The van der Waals surface area contributed by atoms with Crippen LogP contribution in [0.2, 0.25) is 0 Å². The Balaban J connectivity index is 1.85. The van der Waals surface area contributed by atoms with E-state index in [0.29, 0.717) is 25.8 Å². The third kappa shape index (κ3) is 8.01. The molecule has 2 rings (SSSR count). The maximum atomic E-state index is 12.2. The summed E-state index contributed by atoms with van der Waals surface area (Å²) in [6.07, 6.45) is 9.86.